The molecule has 1 aliphatic rings. The zero-order valence-corrected chi connectivity index (χ0v) is 12.5. The number of nitro benzene ring substituents is 1. The lowest BCUT2D eigenvalue weighted by molar-refractivity contribution is -0.385. The number of likely N-dealkylation sites (tertiary alicyclic amines) is 1. The second kappa shape index (κ2) is 6.87. The molecule has 0 spiro atoms. The summed E-state index contributed by atoms with van der Waals surface area (Å²) in [6, 6.07) is 5.07. The summed E-state index contributed by atoms with van der Waals surface area (Å²) >= 11 is 0. The summed E-state index contributed by atoms with van der Waals surface area (Å²) in [5.41, 5.74) is 0.445. The molecule has 1 heterocycles. The Morgan fingerprint density at radius 2 is 2.29 bits per heavy atom. The molecule has 1 aromatic carbocycles. The lowest BCUT2D eigenvalue weighted by Gasteiger charge is -2.34. The van der Waals surface area contributed by atoms with Crippen LogP contribution in [0.3, 0.4) is 0 Å². The number of nitro groups is 1. The third kappa shape index (κ3) is 3.71. The highest BCUT2D eigenvalue weighted by Crippen LogP contribution is 2.30. The molecule has 0 aliphatic carbocycles. The Kier molecular flexibility index (Phi) is 5.14. The molecular weight excluding hydrogens is 272 g/mol. The molecular formula is C15H22N2O4. The molecule has 1 saturated heterocycles. The molecule has 1 fully saturated rings. The molecule has 0 aromatic heterocycles. The van der Waals surface area contributed by atoms with Crippen LogP contribution >= 0.6 is 0 Å². The summed E-state index contributed by atoms with van der Waals surface area (Å²) < 4.78 is 4.97. The standard InChI is InChI=1S/C15H22N2O4/c1-11-5-3-4-8-16(11)10-14(18)12-6-7-15(21-2)13(9-12)17(19)20/h6-7,9,11,14,18H,3-5,8,10H2,1-2H3. The van der Waals surface area contributed by atoms with Gasteiger partial charge in [-0.3, -0.25) is 15.0 Å². The molecule has 2 unspecified atom stereocenters. The first-order valence-corrected chi connectivity index (χ1v) is 7.27. The molecule has 1 N–H and O–H groups in total. The topological polar surface area (TPSA) is 75.8 Å². The smallest absolute Gasteiger partial charge is 0.311 e. The summed E-state index contributed by atoms with van der Waals surface area (Å²) in [5.74, 6) is 0.210. The number of methoxy groups -OCH3 is 1. The highest BCUT2D eigenvalue weighted by Gasteiger charge is 2.23. The molecule has 1 aromatic rings. The number of hydrogen-bond donors (Lipinski definition) is 1. The predicted octanol–water partition coefficient (Wildman–Crippen LogP) is 2.51. The molecule has 6 heteroatoms. The van der Waals surface area contributed by atoms with E-state index in [-0.39, 0.29) is 11.4 Å². The Morgan fingerprint density at radius 1 is 1.52 bits per heavy atom. The van der Waals surface area contributed by atoms with Crippen LogP contribution in [0.2, 0.25) is 0 Å². The summed E-state index contributed by atoms with van der Waals surface area (Å²) in [4.78, 5) is 12.8. The maximum absolute atomic E-state index is 11.0. The molecule has 116 valence electrons. The lowest BCUT2D eigenvalue weighted by Crippen LogP contribution is -2.40. The van der Waals surface area contributed by atoms with Gasteiger partial charge in [0.15, 0.2) is 5.75 Å². The number of hydrogen-bond acceptors (Lipinski definition) is 5. The number of aliphatic hydroxyl groups excluding tert-OH is 1. The van der Waals surface area contributed by atoms with Gasteiger partial charge in [0.1, 0.15) is 0 Å². The van der Waals surface area contributed by atoms with E-state index < -0.39 is 11.0 Å². The molecule has 2 rings (SSSR count). The Morgan fingerprint density at radius 3 is 2.90 bits per heavy atom. The minimum absolute atomic E-state index is 0.110. The summed E-state index contributed by atoms with van der Waals surface area (Å²) in [6.07, 6.45) is 2.77. The van der Waals surface area contributed by atoms with Gasteiger partial charge in [-0.2, -0.15) is 0 Å². The number of rotatable bonds is 5. The average molecular weight is 294 g/mol. The van der Waals surface area contributed by atoms with E-state index in [0.29, 0.717) is 18.2 Å². The van der Waals surface area contributed by atoms with Crippen LogP contribution in [-0.2, 0) is 0 Å². The average Bonchev–Trinajstić information content (AvgIpc) is 2.48. The van der Waals surface area contributed by atoms with Crippen LogP contribution in [0.5, 0.6) is 5.75 Å². The van der Waals surface area contributed by atoms with Crippen molar-refractivity contribution in [3.8, 4) is 5.75 Å². The van der Waals surface area contributed by atoms with Crippen molar-refractivity contribution >= 4 is 5.69 Å². The van der Waals surface area contributed by atoms with Crippen molar-refractivity contribution < 1.29 is 14.8 Å². The maximum atomic E-state index is 11.0. The van der Waals surface area contributed by atoms with Crippen molar-refractivity contribution in [2.75, 3.05) is 20.2 Å². The minimum Gasteiger partial charge on any atom is -0.490 e. The van der Waals surface area contributed by atoms with Crippen molar-refractivity contribution in [3.05, 3.63) is 33.9 Å². The lowest BCUT2D eigenvalue weighted by atomic mass is 10.0. The second-order valence-corrected chi connectivity index (χ2v) is 5.54. The summed E-state index contributed by atoms with van der Waals surface area (Å²) in [6.45, 7) is 3.63. The fourth-order valence-corrected chi connectivity index (χ4v) is 2.81. The number of piperidine rings is 1. The van der Waals surface area contributed by atoms with Gasteiger partial charge in [0.05, 0.1) is 18.1 Å². The fraction of sp³-hybridized carbons (Fsp3) is 0.600. The van der Waals surface area contributed by atoms with Crippen molar-refractivity contribution in [2.45, 2.75) is 38.3 Å². The largest absolute Gasteiger partial charge is 0.490 e. The van der Waals surface area contributed by atoms with Gasteiger partial charge in [-0.05, 0) is 37.9 Å². The molecule has 0 saturated carbocycles. The summed E-state index contributed by atoms with van der Waals surface area (Å²) in [5, 5.41) is 21.4. The van der Waals surface area contributed by atoms with Gasteiger partial charge in [0.2, 0.25) is 0 Å². The molecule has 2 atom stereocenters. The van der Waals surface area contributed by atoms with Gasteiger partial charge in [0.25, 0.3) is 0 Å². The molecule has 0 radical (unpaired) electrons. The van der Waals surface area contributed by atoms with Gasteiger partial charge < -0.3 is 9.84 Å². The normalized spacial score (nSPS) is 21.0. The van der Waals surface area contributed by atoms with Crippen LogP contribution in [0.25, 0.3) is 0 Å². The molecule has 1 aliphatic heterocycles. The molecule has 21 heavy (non-hydrogen) atoms. The monoisotopic (exact) mass is 294 g/mol. The van der Waals surface area contributed by atoms with Crippen molar-refractivity contribution in [1.82, 2.24) is 4.90 Å². The molecule has 0 bridgehead atoms. The molecule has 6 nitrogen and oxygen atoms in total. The van der Waals surface area contributed by atoms with Crippen LogP contribution in [0, 0.1) is 10.1 Å². The van der Waals surface area contributed by atoms with Gasteiger partial charge >= 0.3 is 5.69 Å². The minimum atomic E-state index is -0.727. The van der Waals surface area contributed by atoms with Gasteiger partial charge in [-0.25, -0.2) is 0 Å². The van der Waals surface area contributed by atoms with Crippen LogP contribution < -0.4 is 4.74 Å². The van der Waals surface area contributed by atoms with E-state index in [1.54, 1.807) is 6.07 Å². The van der Waals surface area contributed by atoms with Crippen LogP contribution in [0.4, 0.5) is 5.69 Å². The van der Waals surface area contributed by atoms with Gasteiger partial charge in [0, 0.05) is 18.7 Å². The Bertz CT molecular complexity index is 506. The Balaban J connectivity index is 2.13. The predicted molar refractivity (Wildman–Crippen MR) is 79.5 cm³/mol. The van der Waals surface area contributed by atoms with Crippen molar-refractivity contribution in [1.29, 1.82) is 0 Å². The third-order valence-electron chi connectivity index (χ3n) is 4.13. The van der Waals surface area contributed by atoms with E-state index >= 15 is 0 Å². The number of benzene rings is 1. The van der Waals surface area contributed by atoms with E-state index in [4.69, 9.17) is 4.74 Å². The van der Waals surface area contributed by atoms with Crippen molar-refractivity contribution in [3.63, 3.8) is 0 Å². The van der Waals surface area contributed by atoms with Crippen LogP contribution in [-0.4, -0.2) is 41.2 Å². The van der Waals surface area contributed by atoms with E-state index in [0.717, 1.165) is 19.4 Å². The number of ether oxygens (including phenoxy) is 1. The third-order valence-corrected chi connectivity index (χ3v) is 4.13. The zero-order chi connectivity index (χ0) is 15.4. The number of β-amino-alcohol motifs (C(OH)–C–C–N with tert-alkyl or cyclic N) is 1. The Labute approximate surface area is 124 Å². The van der Waals surface area contributed by atoms with Gasteiger partial charge in [-0.15, -0.1) is 0 Å². The van der Waals surface area contributed by atoms with E-state index in [2.05, 4.69) is 11.8 Å². The molecule has 0 amide bonds. The quantitative estimate of drug-likeness (QED) is 0.667. The first-order chi connectivity index (χ1) is 10.0. The second-order valence-electron chi connectivity index (χ2n) is 5.54. The van der Waals surface area contributed by atoms with E-state index in [9.17, 15) is 15.2 Å². The number of nitrogens with zero attached hydrogens (tertiary/aromatic N) is 2. The Hall–Kier alpha value is -1.66. The zero-order valence-electron chi connectivity index (χ0n) is 12.5. The van der Waals surface area contributed by atoms with E-state index in [1.165, 1.54) is 25.7 Å². The maximum Gasteiger partial charge on any atom is 0.311 e. The van der Waals surface area contributed by atoms with Crippen molar-refractivity contribution in [2.24, 2.45) is 0 Å². The van der Waals surface area contributed by atoms with E-state index in [1.807, 2.05) is 0 Å². The summed E-state index contributed by atoms with van der Waals surface area (Å²) in [7, 11) is 1.40. The first kappa shape index (κ1) is 15.7. The van der Waals surface area contributed by atoms with Gasteiger partial charge in [-0.1, -0.05) is 12.5 Å². The highest BCUT2D eigenvalue weighted by atomic mass is 16.6. The number of aliphatic hydroxyl groups is 1. The highest BCUT2D eigenvalue weighted by molar-refractivity contribution is 5.49. The van der Waals surface area contributed by atoms with Crippen LogP contribution in [0.1, 0.15) is 37.9 Å². The SMILES string of the molecule is COc1ccc(C(O)CN2CCCCC2C)cc1[N+](=O)[O-]. The first-order valence-electron chi connectivity index (χ1n) is 7.27. The van der Waals surface area contributed by atoms with Crippen LogP contribution in [0.15, 0.2) is 18.2 Å². The fourth-order valence-electron chi connectivity index (χ4n) is 2.81.